The van der Waals surface area contributed by atoms with Crippen molar-refractivity contribution in [3.63, 3.8) is 0 Å². The first-order chi connectivity index (χ1) is 9.23. The molecule has 1 aliphatic rings. The van der Waals surface area contributed by atoms with Crippen LogP contribution in [0.3, 0.4) is 0 Å². The van der Waals surface area contributed by atoms with Crippen LogP contribution in [0.15, 0.2) is 23.1 Å². The summed E-state index contributed by atoms with van der Waals surface area (Å²) in [5.74, 6) is 0.700. The zero-order chi connectivity index (χ0) is 15.0. The van der Waals surface area contributed by atoms with Crippen LogP contribution in [-0.4, -0.2) is 21.6 Å². The van der Waals surface area contributed by atoms with E-state index in [1.807, 2.05) is 6.92 Å². The molecule has 0 aromatic heterocycles. The maximum Gasteiger partial charge on any atom is 0.240 e. The van der Waals surface area contributed by atoms with Crippen molar-refractivity contribution < 1.29 is 13.2 Å². The molecular formula is C15H23NO3S. The average molecular weight is 297 g/mol. The maximum atomic E-state index is 12.4. The molecule has 1 aromatic rings. The maximum absolute atomic E-state index is 12.4. The summed E-state index contributed by atoms with van der Waals surface area (Å²) >= 11 is 0. The summed E-state index contributed by atoms with van der Waals surface area (Å²) in [7, 11) is -1.87. The van der Waals surface area contributed by atoms with Crippen LogP contribution >= 0.6 is 0 Å². The number of aryl methyl sites for hydroxylation is 1. The molecule has 1 fully saturated rings. The van der Waals surface area contributed by atoms with Gasteiger partial charge in [0.2, 0.25) is 10.0 Å². The highest BCUT2D eigenvalue weighted by molar-refractivity contribution is 7.89. The van der Waals surface area contributed by atoms with Gasteiger partial charge in [-0.05, 0) is 55.4 Å². The molecule has 5 heteroatoms. The zero-order valence-corrected chi connectivity index (χ0v) is 13.4. The van der Waals surface area contributed by atoms with Gasteiger partial charge in [-0.2, -0.15) is 0 Å². The number of ether oxygens (including phenoxy) is 1. The first-order valence-electron chi connectivity index (χ1n) is 6.90. The van der Waals surface area contributed by atoms with Gasteiger partial charge >= 0.3 is 0 Å². The summed E-state index contributed by atoms with van der Waals surface area (Å²) in [4.78, 5) is 0.306. The van der Waals surface area contributed by atoms with Gasteiger partial charge in [-0.25, -0.2) is 13.1 Å². The van der Waals surface area contributed by atoms with E-state index >= 15 is 0 Å². The highest BCUT2D eigenvalue weighted by atomic mass is 32.2. The summed E-state index contributed by atoms with van der Waals surface area (Å²) in [6.07, 6.45) is 2.85. The van der Waals surface area contributed by atoms with E-state index in [4.69, 9.17) is 4.74 Å². The summed E-state index contributed by atoms with van der Waals surface area (Å²) in [5, 5.41) is 0. The van der Waals surface area contributed by atoms with Crippen molar-refractivity contribution in [1.82, 2.24) is 4.72 Å². The Morgan fingerprint density at radius 1 is 1.35 bits per heavy atom. The minimum absolute atomic E-state index is 0.0393. The molecule has 20 heavy (non-hydrogen) atoms. The first kappa shape index (κ1) is 15.3. The first-order valence-corrected chi connectivity index (χ1v) is 8.39. The molecule has 0 aliphatic heterocycles. The third-order valence-corrected chi connectivity index (χ3v) is 5.49. The van der Waals surface area contributed by atoms with Crippen molar-refractivity contribution >= 4 is 10.0 Å². The Bertz CT molecular complexity index is 593. The van der Waals surface area contributed by atoms with Crippen LogP contribution in [0, 0.1) is 12.3 Å². The van der Waals surface area contributed by atoms with Gasteiger partial charge in [-0.15, -0.1) is 0 Å². The van der Waals surface area contributed by atoms with Crippen LogP contribution in [0.4, 0.5) is 0 Å². The number of hydrogen-bond acceptors (Lipinski definition) is 3. The second-order valence-corrected chi connectivity index (χ2v) is 8.07. The van der Waals surface area contributed by atoms with Gasteiger partial charge in [0.1, 0.15) is 5.75 Å². The van der Waals surface area contributed by atoms with Crippen molar-refractivity contribution in [3.8, 4) is 5.75 Å². The topological polar surface area (TPSA) is 55.4 Å². The molecule has 0 heterocycles. The average Bonchev–Trinajstić information content (AvgIpc) is 2.67. The van der Waals surface area contributed by atoms with Gasteiger partial charge < -0.3 is 4.74 Å². The van der Waals surface area contributed by atoms with E-state index in [9.17, 15) is 8.42 Å². The highest BCUT2D eigenvalue weighted by Crippen LogP contribution is 2.37. The lowest BCUT2D eigenvalue weighted by molar-refractivity contribution is 0.372. The lowest BCUT2D eigenvalue weighted by Crippen LogP contribution is -2.33. The Kier molecular flexibility index (Phi) is 4.12. The normalized spacial score (nSPS) is 21.9. The number of benzene rings is 1. The zero-order valence-electron chi connectivity index (χ0n) is 12.6. The fraction of sp³-hybridized carbons (Fsp3) is 0.600. The van der Waals surface area contributed by atoms with Crippen LogP contribution in [-0.2, 0) is 10.0 Å². The van der Waals surface area contributed by atoms with E-state index in [-0.39, 0.29) is 11.5 Å². The molecule has 112 valence electrons. The number of hydrogen-bond donors (Lipinski definition) is 1. The molecular weight excluding hydrogens is 274 g/mol. The van der Waals surface area contributed by atoms with Crippen molar-refractivity contribution in [3.05, 3.63) is 23.8 Å². The summed E-state index contributed by atoms with van der Waals surface area (Å²) in [6, 6.07) is 4.98. The fourth-order valence-corrected chi connectivity index (χ4v) is 4.20. The summed E-state index contributed by atoms with van der Waals surface area (Å²) in [5.41, 5.74) is 1.05. The third kappa shape index (κ3) is 3.33. The lowest BCUT2D eigenvalue weighted by atomic mass is 9.92. The van der Waals surface area contributed by atoms with E-state index in [2.05, 4.69) is 18.6 Å². The summed E-state index contributed by atoms with van der Waals surface area (Å²) in [6.45, 7) is 6.20. The molecule has 2 rings (SSSR count). The second-order valence-electron chi connectivity index (χ2n) is 6.36. The monoisotopic (exact) mass is 297 g/mol. The van der Waals surface area contributed by atoms with Crippen molar-refractivity contribution in [1.29, 1.82) is 0 Å². The minimum Gasteiger partial charge on any atom is -0.496 e. The number of rotatable bonds is 4. The van der Waals surface area contributed by atoms with Gasteiger partial charge in [0.05, 0.1) is 12.0 Å². The van der Waals surface area contributed by atoms with Crippen molar-refractivity contribution in [2.45, 2.75) is 51.0 Å². The Morgan fingerprint density at radius 2 is 2.05 bits per heavy atom. The minimum atomic E-state index is -3.45. The summed E-state index contributed by atoms with van der Waals surface area (Å²) < 4.78 is 32.8. The molecule has 0 saturated heterocycles. The van der Waals surface area contributed by atoms with Gasteiger partial charge in [0.25, 0.3) is 0 Å². The van der Waals surface area contributed by atoms with Crippen molar-refractivity contribution in [2.75, 3.05) is 7.11 Å². The molecule has 4 nitrogen and oxygen atoms in total. The smallest absolute Gasteiger partial charge is 0.240 e. The quantitative estimate of drug-likeness (QED) is 0.929. The molecule has 1 N–H and O–H groups in total. The predicted molar refractivity (Wildman–Crippen MR) is 79.5 cm³/mol. The van der Waals surface area contributed by atoms with Crippen LogP contribution < -0.4 is 9.46 Å². The Morgan fingerprint density at radius 3 is 2.55 bits per heavy atom. The van der Waals surface area contributed by atoms with E-state index in [0.717, 1.165) is 24.8 Å². The highest BCUT2D eigenvalue weighted by Gasteiger charge is 2.33. The van der Waals surface area contributed by atoms with Gasteiger partial charge in [0.15, 0.2) is 0 Å². The number of methoxy groups -OCH3 is 1. The Hall–Kier alpha value is -1.07. The molecule has 1 aromatic carbocycles. The SMILES string of the molecule is COc1ccc(S(=O)(=O)NC2CCC(C)(C)C2)cc1C. The molecule has 0 bridgehead atoms. The van der Waals surface area contributed by atoms with E-state index < -0.39 is 10.0 Å². The third-order valence-electron chi connectivity index (χ3n) is 3.97. The Balaban J connectivity index is 2.17. The molecule has 1 atom stereocenters. The molecule has 0 spiro atoms. The molecule has 0 radical (unpaired) electrons. The fourth-order valence-electron chi connectivity index (χ4n) is 2.84. The predicted octanol–water partition coefficient (Wildman–Crippen LogP) is 2.86. The molecule has 1 unspecified atom stereocenters. The number of nitrogens with one attached hydrogen (secondary N) is 1. The van der Waals surface area contributed by atoms with Crippen LogP contribution in [0.2, 0.25) is 0 Å². The molecule has 1 saturated carbocycles. The van der Waals surface area contributed by atoms with Gasteiger partial charge in [0, 0.05) is 6.04 Å². The van der Waals surface area contributed by atoms with Gasteiger partial charge in [-0.1, -0.05) is 13.8 Å². The van der Waals surface area contributed by atoms with Crippen LogP contribution in [0.5, 0.6) is 5.75 Å². The van der Waals surface area contributed by atoms with Crippen LogP contribution in [0.1, 0.15) is 38.7 Å². The Labute approximate surface area is 121 Å². The molecule has 0 amide bonds. The second kappa shape index (κ2) is 5.37. The molecule has 1 aliphatic carbocycles. The van der Waals surface area contributed by atoms with E-state index in [1.165, 1.54) is 0 Å². The van der Waals surface area contributed by atoms with Crippen LogP contribution in [0.25, 0.3) is 0 Å². The lowest BCUT2D eigenvalue weighted by Gasteiger charge is -2.18. The van der Waals surface area contributed by atoms with E-state index in [1.54, 1.807) is 25.3 Å². The largest absolute Gasteiger partial charge is 0.496 e. The van der Waals surface area contributed by atoms with Gasteiger partial charge in [-0.3, -0.25) is 0 Å². The number of sulfonamides is 1. The standard InChI is InChI=1S/C15H23NO3S/c1-11-9-13(5-6-14(11)19-4)20(17,18)16-12-7-8-15(2,3)10-12/h5-6,9,12,16H,7-8,10H2,1-4H3. The van der Waals surface area contributed by atoms with Crippen molar-refractivity contribution in [2.24, 2.45) is 5.41 Å². The van der Waals surface area contributed by atoms with E-state index in [0.29, 0.717) is 10.6 Å².